The Labute approximate surface area is 262 Å². The average molecular weight is 606 g/mol. The minimum absolute atomic E-state index is 0.0155. The van der Waals surface area contributed by atoms with Gasteiger partial charge in [-0.25, -0.2) is 0 Å². The van der Waals surface area contributed by atoms with Crippen LogP contribution in [0.2, 0.25) is 0 Å². The lowest BCUT2D eigenvalue weighted by Gasteiger charge is -2.44. The van der Waals surface area contributed by atoms with Crippen LogP contribution in [0.15, 0.2) is 12.2 Å². The number of rotatable bonds is 21. The second kappa shape index (κ2) is 20.2. The van der Waals surface area contributed by atoms with Gasteiger partial charge in [0.25, 0.3) is 0 Å². The lowest BCUT2D eigenvalue weighted by atomic mass is 9.85. The van der Waals surface area contributed by atoms with E-state index in [2.05, 4.69) is 29.7 Å². The Morgan fingerprint density at radius 1 is 0.837 bits per heavy atom. The van der Waals surface area contributed by atoms with Crippen LogP contribution in [-0.4, -0.2) is 66.8 Å². The molecule has 0 bridgehead atoms. The van der Waals surface area contributed by atoms with Crippen molar-refractivity contribution in [3.63, 3.8) is 0 Å². The molecule has 248 valence electrons. The summed E-state index contributed by atoms with van der Waals surface area (Å²) in [4.78, 5) is 40.0. The Hall–Kier alpha value is -1.93. The van der Waals surface area contributed by atoms with Crippen LogP contribution < -0.4 is 10.6 Å². The summed E-state index contributed by atoms with van der Waals surface area (Å²) in [5.41, 5.74) is -0.452. The predicted molar refractivity (Wildman–Crippen MR) is 174 cm³/mol. The molecule has 2 heterocycles. The van der Waals surface area contributed by atoms with Gasteiger partial charge in [0.05, 0.1) is 6.61 Å². The highest BCUT2D eigenvalue weighted by Crippen LogP contribution is 2.34. The Kier molecular flexibility index (Phi) is 17.5. The van der Waals surface area contributed by atoms with E-state index in [-0.39, 0.29) is 36.7 Å². The highest BCUT2D eigenvalue weighted by atomic mass is 16.7. The van der Waals surface area contributed by atoms with Gasteiger partial charge >= 0.3 is 0 Å². The molecular weight excluding hydrogens is 542 g/mol. The number of unbranched alkanes of at least 4 members (excludes halogenated alkanes) is 11. The fourth-order valence-electron chi connectivity index (χ4n) is 5.90. The Bertz CT molecular complexity index is 856. The summed E-state index contributed by atoms with van der Waals surface area (Å²) in [5, 5.41) is 5.94. The second-order valence-electron chi connectivity index (χ2n) is 13.7. The molecule has 0 spiro atoms. The van der Waals surface area contributed by atoms with Gasteiger partial charge in [0.1, 0.15) is 6.10 Å². The second-order valence-corrected chi connectivity index (χ2v) is 13.7. The monoisotopic (exact) mass is 605 g/mol. The number of ether oxygens (including phenoxy) is 2. The molecule has 43 heavy (non-hydrogen) atoms. The molecule has 8 nitrogen and oxygen atoms in total. The first-order valence-electron chi connectivity index (χ1n) is 17.4. The first-order valence-corrected chi connectivity index (χ1v) is 17.4. The molecule has 8 heteroatoms. The van der Waals surface area contributed by atoms with Crippen LogP contribution in [-0.2, 0) is 23.9 Å². The van der Waals surface area contributed by atoms with E-state index >= 15 is 0 Å². The van der Waals surface area contributed by atoms with Crippen LogP contribution in [0.5, 0.6) is 0 Å². The summed E-state index contributed by atoms with van der Waals surface area (Å²) < 4.78 is 11.6. The molecule has 0 aromatic carbocycles. The third kappa shape index (κ3) is 15.1. The number of allylic oxidation sites excluding steroid dienone is 2. The summed E-state index contributed by atoms with van der Waals surface area (Å²) in [7, 11) is 0. The number of hydrogen-bond donors (Lipinski definition) is 2. The van der Waals surface area contributed by atoms with E-state index < -0.39 is 17.3 Å². The molecule has 2 saturated heterocycles. The highest BCUT2D eigenvalue weighted by molar-refractivity contribution is 5.83. The molecule has 1 unspecified atom stereocenters. The standard InChI is InChI=1S/C35H63N3O5/c1-6-7-8-9-10-11-12-13-14-15-16-17-18-19-20-23-30(39)37-27-29-22-21-26-38(29)31(40)24-25-36-33(41)32-34(2,3)28-42-35(4,5)43-32/h13-14,29,32H,6-12,15-28H2,1-5H3,(H,36,41)(H,37,39)/t29-,32?/m1/s1. The summed E-state index contributed by atoms with van der Waals surface area (Å²) in [5.74, 6) is -0.937. The van der Waals surface area contributed by atoms with Gasteiger partial charge in [-0.15, -0.1) is 0 Å². The van der Waals surface area contributed by atoms with E-state index in [4.69, 9.17) is 9.47 Å². The van der Waals surface area contributed by atoms with Crippen LogP contribution in [0.1, 0.15) is 144 Å². The summed E-state index contributed by atoms with van der Waals surface area (Å²) in [6.45, 7) is 11.6. The number of nitrogens with one attached hydrogen (secondary N) is 2. The molecule has 2 aliphatic heterocycles. The molecule has 2 rings (SSSR count). The minimum atomic E-state index is -0.815. The Morgan fingerprint density at radius 2 is 1.47 bits per heavy atom. The number of carbonyl (C=O) groups is 3. The number of likely N-dealkylation sites (tertiary alicyclic amines) is 1. The SMILES string of the molecule is CCCCCCCCC=CCCCCCCCC(=O)NC[C@H]1CCCN1C(=O)CCNC(=O)C1OC(C)(C)OCC1(C)C. The fraction of sp³-hybridized carbons (Fsp3) is 0.857. The van der Waals surface area contributed by atoms with Gasteiger partial charge in [0.2, 0.25) is 17.7 Å². The molecule has 2 atom stereocenters. The van der Waals surface area contributed by atoms with Crippen LogP contribution >= 0.6 is 0 Å². The summed E-state index contributed by atoms with van der Waals surface area (Å²) in [6.07, 6.45) is 22.8. The van der Waals surface area contributed by atoms with Crippen LogP contribution in [0.3, 0.4) is 0 Å². The smallest absolute Gasteiger partial charge is 0.249 e. The van der Waals surface area contributed by atoms with Crippen LogP contribution in [0, 0.1) is 5.41 Å². The molecule has 2 aliphatic rings. The summed E-state index contributed by atoms with van der Waals surface area (Å²) >= 11 is 0. The van der Waals surface area contributed by atoms with E-state index in [0.717, 1.165) is 25.7 Å². The number of hydrogen-bond acceptors (Lipinski definition) is 5. The maximum Gasteiger partial charge on any atom is 0.249 e. The molecule has 0 saturated carbocycles. The lowest BCUT2D eigenvalue weighted by molar-refractivity contribution is -0.304. The predicted octanol–water partition coefficient (Wildman–Crippen LogP) is 6.82. The zero-order chi connectivity index (χ0) is 31.6. The molecule has 2 N–H and O–H groups in total. The summed E-state index contributed by atoms with van der Waals surface area (Å²) in [6, 6.07) is 0.0276. The van der Waals surface area contributed by atoms with Crippen molar-refractivity contribution in [3.05, 3.63) is 12.2 Å². The van der Waals surface area contributed by atoms with Gasteiger partial charge in [0.15, 0.2) is 5.79 Å². The van der Waals surface area contributed by atoms with E-state index in [0.29, 0.717) is 26.1 Å². The van der Waals surface area contributed by atoms with Crippen molar-refractivity contribution in [2.24, 2.45) is 5.41 Å². The van der Waals surface area contributed by atoms with Crippen molar-refractivity contribution in [2.75, 3.05) is 26.2 Å². The van der Waals surface area contributed by atoms with Gasteiger partial charge in [-0.1, -0.05) is 84.3 Å². The van der Waals surface area contributed by atoms with E-state index in [1.165, 1.54) is 70.6 Å². The third-order valence-corrected chi connectivity index (χ3v) is 8.68. The molecule has 0 aliphatic carbocycles. The van der Waals surface area contributed by atoms with Crippen LogP contribution in [0.4, 0.5) is 0 Å². The fourth-order valence-corrected chi connectivity index (χ4v) is 5.90. The topological polar surface area (TPSA) is 97.0 Å². The van der Waals surface area contributed by atoms with Crippen molar-refractivity contribution in [2.45, 2.75) is 162 Å². The third-order valence-electron chi connectivity index (χ3n) is 8.68. The van der Waals surface area contributed by atoms with Gasteiger partial charge < -0.3 is 25.0 Å². The average Bonchev–Trinajstić information content (AvgIpc) is 3.44. The van der Waals surface area contributed by atoms with E-state index in [9.17, 15) is 14.4 Å². The zero-order valence-corrected chi connectivity index (χ0v) is 28.1. The van der Waals surface area contributed by atoms with Crippen molar-refractivity contribution < 1.29 is 23.9 Å². The van der Waals surface area contributed by atoms with Gasteiger partial charge in [0, 0.05) is 43.9 Å². The van der Waals surface area contributed by atoms with Crippen molar-refractivity contribution in [1.82, 2.24) is 15.5 Å². The largest absolute Gasteiger partial charge is 0.354 e. The lowest BCUT2D eigenvalue weighted by Crippen LogP contribution is -2.56. The Morgan fingerprint density at radius 3 is 2.14 bits per heavy atom. The van der Waals surface area contributed by atoms with E-state index in [1.54, 1.807) is 13.8 Å². The van der Waals surface area contributed by atoms with Crippen molar-refractivity contribution in [1.29, 1.82) is 0 Å². The molecule has 2 fully saturated rings. The molecule has 0 aromatic heterocycles. The van der Waals surface area contributed by atoms with Gasteiger partial charge in [-0.05, 0) is 58.8 Å². The Balaban J connectivity index is 1.51. The molecule has 0 aromatic rings. The van der Waals surface area contributed by atoms with Gasteiger partial charge in [-0.2, -0.15) is 0 Å². The van der Waals surface area contributed by atoms with Crippen molar-refractivity contribution >= 4 is 17.7 Å². The molecular formula is C35H63N3O5. The first kappa shape index (κ1) is 37.3. The zero-order valence-electron chi connectivity index (χ0n) is 28.1. The first-order chi connectivity index (χ1) is 20.6. The maximum atomic E-state index is 12.9. The number of amides is 3. The van der Waals surface area contributed by atoms with Crippen molar-refractivity contribution in [3.8, 4) is 0 Å². The number of carbonyl (C=O) groups excluding carboxylic acids is 3. The van der Waals surface area contributed by atoms with Gasteiger partial charge in [-0.3, -0.25) is 14.4 Å². The molecule has 3 amide bonds. The highest BCUT2D eigenvalue weighted by Gasteiger charge is 2.45. The maximum absolute atomic E-state index is 12.9. The normalized spacial score (nSPS) is 21.3. The molecule has 0 radical (unpaired) electrons. The van der Waals surface area contributed by atoms with E-state index in [1.807, 2.05) is 18.7 Å². The number of nitrogens with zero attached hydrogens (tertiary/aromatic N) is 1. The minimum Gasteiger partial charge on any atom is -0.354 e. The quantitative estimate of drug-likeness (QED) is 0.111. The van der Waals surface area contributed by atoms with Crippen LogP contribution in [0.25, 0.3) is 0 Å².